The molecule has 0 aromatic heterocycles. The van der Waals surface area contributed by atoms with Crippen LogP contribution in [0.5, 0.6) is 0 Å². The van der Waals surface area contributed by atoms with Crippen LogP contribution < -0.4 is 4.90 Å². The van der Waals surface area contributed by atoms with E-state index in [0.717, 1.165) is 12.8 Å². The van der Waals surface area contributed by atoms with Crippen molar-refractivity contribution in [3.63, 3.8) is 0 Å². The van der Waals surface area contributed by atoms with Gasteiger partial charge in [0.15, 0.2) is 0 Å². The van der Waals surface area contributed by atoms with Gasteiger partial charge in [0.05, 0.1) is 5.54 Å². The number of para-hydroxylation sites is 2. The third-order valence-electron chi connectivity index (χ3n) is 5.53. The zero-order valence-corrected chi connectivity index (χ0v) is 16.9. The molecule has 0 heterocycles. The molecule has 0 unspecified atom stereocenters. The molecule has 146 valence electrons. The molecule has 0 fully saturated rings. The molecule has 2 heteroatoms. The summed E-state index contributed by atoms with van der Waals surface area (Å²) in [6.45, 7) is 2.27. The van der Waals surface area contributed by atoms with Crippen LogP contribution in [0.4, 0.5) is 11.4 Å². The normalized spacial score (nSPS) is 10.8. The van der Waals surface area contributed by atoms with Gasteiger partial charge in [-0.3, -0.25) is 0 Å². The summed E-state index contributed by atoms with van der Waals surface area (Å²) in [5.41, 5.74) is 4.70. The summed E-state index contributed by atoms with van der Waals surface area (Å²) in [5.74, 6) is 0. The van der Waals surface area contributed by atoms with Crippen LogP contribution in [-0.4, -0.2) is 29.6 Å². The first kappa shape index (κ1) is 22.4. The molecular weight excluding hydrogens is 373 g/mol. The second-order valence-electron chi connectivity index (χ2n) is 7.35. The van der Waals surface area contributed by atoms with Gasteiger partial charge < -0.3 is 4.90 Å². The summed E-state index contributed by atoms with van der Waals surface area (Å²) in [7, 11) is 0. The number of hydrogen-bond donors (Lipinski definition) is 0. The number of nitrogens with zero attached hydrogens (tertiary/aromatic N) is 1. The fourth-order valence-corrected chi connectivity index (χ4v) is 4.36. The first-order valence-electron chi connectivity index (χ1n) is 10.4. The Kier molecular flexibility index (Phi) is 7.93. The first-order valence-corrected chi connectivity index (χ1v) is 10.4. The average Bonchev–Trinajstić information content (AvgIpc) is 2.81. The standard InChI is InChI=1S/C28H27N.Na.H/c1-2-23-28(24-15-7-3-8-16-24,25-17-9-4-10-18-25)29(26-19-11-5-12-20-26)27-21-13-6-14-22-27;;/h3-22H,2,23H2,1H3;;. The van der Waals surface area contributed by atoms with E-state index in [4.69, 9.17) is 0 Å². The van der Waals surface area contributed by atoms with E-state index in [-0.39, 0.29) is 35.1 Å². The molecule has 0 atom stereocenters. The molecule has 4 rings (SSSR count). The summed E-state index contributed by atoms with van der Waals surface area (Å²) in [5, 5.41) is 0. The topological polar surface area (TPSA) is 3.24 Å². The van der Waals surface area contributed by atoms with Gasteiger partial charge in [-0.05, 0) is 41.8 Å². The molecule has 0 bridgehead atoms. The van der Waals surface area contributed by atoms with E-state index in [2.05, 4.69) is 133 Å². The molecule has 0 aliphatic heterocycles. The van der Waals surface area contributed by atoms with Crippen molar-refractivity contribution in [2.75, 3.05) is 4.90 Å². The van der Waals surface area contributed by atoms with Crippen LogP contribution in [0.25, 0.3) is 0 Å². The van der Waals surface area contributed by atoms with E-state index in [1.807, 2.05) is 0 Å². The Morgan fingerprint density at radius 3 is 1.20 bits per heavy atom. The molecule has 0 aliphatic carbocycles. The Bertz CT molecular complexity index is 922. The molecule has 0 saturated carbocycles. The average molecular weight is 402 g/mol. The zero-order valence-electron chi connectivity index (χ0n) is 16.9. The van der Waals surface area contributed by atoms with Gasteiger partial charge >= 0.3 is 29.6 Å². The van der Waals surface area contributed by atoms with Crippen molar-refractivity contribution in [3.05, 3.63) is 132 Å². The van der Waals surface area contributed by atoms with Gasteiger partial charge in [0.2, 0.25) is 0 Å². The van der Waals surface area contributed by atoms with E-state index in [1.165, 1.54) is 22.5 Å². The van der Waals surface area contributed by atoms with E-state index >= 15 is 0 Å². The van der Waals surface area contributed by atoms with Crippen molar-refractivity contribution in [1.82, 2.24) is 0 Å². The van der Waals surface area contributed by atoms with E-state index < -0.39 is 0 Å². The molecule has 0 N–H and O–H groups in total. The van der Waals surface area contributed by atoms with Gasteiger partial charge in [-0.15, -0.1) is 0 Å². The molecule has 1 nitrogen and oxygen atoms in total. The maximum absolute atomic E-state index is 2.52. The number of anilines is 2. The van der Waals surface area contributed by atoms with Gasteiger partial charge in [-0.2, -0.15) is 0 Å². The molecule has 4 aromatic carbocycles. The fraction of sp³-hybridized carbons (Fsp3) is 0.143. The third-order valence-corrected chi connectivity index (χ3v) is 5.53. The summed E-state index contributed by atoms with van der Waals surface area (Å²) in [6.07, 6.45) is 2.07. The van der Waals surface area contributed by atoms with Crippen LogP contribution in [0.15, 0.2) is 121 Å². The molecule has 30 heavy (non-hydrogen) atoms. The van der Waals surface area contributed by atoms with E-state index in [1.54, 1.807) is 0 Å². The van der Waals surface area contributed by atoms with Gasteiger partial charge in [-0.25, -0.2) is 0 Å². The monoisotopic (exact) mass is 401 g/mol. The van der Waals surface area contributed by atoms with Gasteiger partial charge in [0, 0.05) is 11.4 Å². The van der Waals surface area contributed by atoms with Crippen LogP contribution in [0.1, 0.15) is 30.9 Å². The van der Waals surface area contributed by atoms with Gasteiger partial charge in [0.1, 0.15) is 0 Å². The molecule has 0 aliphatic rings. The maximum atomic E-state index is 2.52. The minimum atomic E-state index is -0.306. The predicted molar refractivity (Wildman–Crippen MR) is 131 cm³/mol. The Balaban J connectivity index is 0.00000256. The Hall–Kier alpha value is -2.32. The molecule has 0 spiro atoms. The van der Waals surface area contributed by atoms with Crippen molar-refractivity contribution >= 4 is 40.9 Å². The number of hydrogen-bond acceptors (Lipinski definition) is 1. The molecule has 0 saturated heterocycles. The quantitative estimate of drug-likeness (QED) is 0.304. The van der Waals surface area contributed by atoms with Crippen molar-refractivity contribution in [2.45, 2.75) is 25.3 Å². The summed E-state index contributed by atoms with van der Waals surface area (Å²) >= 11 is 0. The van der Waals surface area contributed by atoms with Crippen LogP contribution in [0.3, 0.4) is 0 Å². The molecule has 4 aromatic rings. The van der Waals surface area contributed by atoms with Crippen LogP contribution in [0.2, 0.25) is 0 Å². The van der Waals surface area contributed by atoms with Gasteiger partial charge in [0.25, 0.3) is 0 Å². The second-order valence-corrected chi connectivity index (χ2v) is 7.35. The van der Waals surface area contributed by atoms with Crippen molar-refractivity contribution in [3.8, 4) is 0 Å². The third kappa shape index (κ3) is 4.39. The summed E-state index contributed by atoms with van der Waals surface area (Å²) in [6, 6.07) is 43.4. The Morgan fingerprint density at radius 2 is 0.867 bits per heavy atom. The number of rotatable bonds is 7. The molecular formula is C28H28NNa. The van der Waals surface area contributed by atoms with Crippen LogP contribution >= 0.6 is 0 Å². The fourth-order valence-electron chi connectivity index (χ4n) is 4.36. The minimum absolute atomic E-state index is 0. The van der Waals surface area contributed by atoms with Crippen LogP contribution in [-0.2, 0) is 5.54 Å². The zero-order chi connectivity index (χ0) is 19.9. The van der Waals surface area contributed by atoms with Crippen molar-refractivity contribution < 1.29 is 0 Å². The predicted octanol–water partition coefficient (Wildman–Crippen LogP) is 6.92. The Morgan fingerprint density at radius 1 is 0.533 bits per heavy atom. The first-order chi connectivity index (χ1) is 14.4. The van der Waals surface area contributed by atoms with Crippen LogP contribution in [0, 0.1) is 0 Å². The van der Waals surface area contributed by atoms with E-state index in [0.29, 0.717) is 0 Å². The van der Waals surface area contributed by atoms with Crippen molar-refractivity contribution in [2.24, 2.45) is 0 Å². The van der Waals surface area contributed by atoms with E-state index in [9.17, 15) is 0 Å². The van der Waals surface area contributed by atoms with Gasteiger partial charge in [-0.1, -0.05) is 110 Å². The SMILES string of the molecule is CCCC(c1ccccc1)(c1ccccc1)N(c1ccccc1)c1ccccc1.[NaH]. The molecule has 0 amide bonds. The summed E-state index contributed by atoms with van der Waals surface area (Å²) in [4.78, 5) is 2.52. The molecule has 0 radical (unpaired) electrons. The summed E-state index contributed by atoms with van der Waals surface area (Å²) < 4.78 is 0. The van der Waals surface area contributed by atoms with Crippen molar-refractivity contribution in [1.29, 1.82) is 0 Å². The number of benzene rings is 4. The Labute approximate surface area is 202 Å². The second kappa shape index (κ2) is 10.6.